The number of ether oxygens (including phenoxy) is 1. The summed E-state index contributed by atoms with van der Waals surface area (Å²) in [6.07, 6.45) is 7.52. The summed E-state index contributed by atoms with van der Waals surface area (Å²) in [5.74, 6) is 0.626. The van der Waals surface area contributed by atoms with Crippen molar-refractivity contribution in [3.63, 3.8) is 0 Å². The van der Waals surface area contributed by atoms with Crippen molar-refractivity contribution in [2.75, 3.05) is 0 Å². The third-order valence-electron chi connectivity index (χ3n) is 3.69. The number of hydrogen-bond acceptors (Lipinski definition) is 2. The van der Waals surface area contributed by atoms with Crippen LogP contribution < -0.4 is 4.74 Å². The average Bonchev–Trinajstić information content (AvgIpc) is 2.42. The van der Waals surface area contributed by atoms with E-state index >= 15 is 0 Å². The minimum absolute atomic E-state index is 0.259. The molecule has 0 spiro atoms. The molecule has 2 rings (SSSR count). The van der Waals surface area contributed by atoms with Gasteiger partial charge < -0.3 is 9.84 Å². The molecule has 0 atom stereocenters. The molecule has 1 fully saturated rings. The predicted octanol–water partition coefficient (Wildman–Crippen LogP) is 5.27. The number of carboxylic acid groups (broad SMARTS) is 1. The van der Waals surface area contributed by atoms with E-state index in [1.165, 1.54) is 12.8 Å². The van der Waals surface area contributed by atoms with Gasteiger partial charge in [-0.25, -0.2) is 4.79 Å². The van der Waals surface area contributed by atoms with Gasteiger partial charge in [0.05, 0.1) is 15.0 Å². The Hall–Kier alpha value is -0.810. The second kappa shape index (κ2) is 7.45. The first-order valence-corrected chi connectivity index (χ1v) is 8.61. The predicted molar refractivity (Wildman–Crippen MR) is 90.6 cm³/mol. The Bertz CT molecular complexity index is 523. The summed E-state index contributed by atoms with van der Waals surface area (Å²) in [5.41, 5.74) is 0.806. The van der Waals surface area contributed by atoms with Crippen LogP contribution in [0.5, 0.6) is 5.75 Å². The first-order chi connectivity index (χ1) is 9.95. The molecule has 0 amide bonds. The minimum atomic E-state index is -0.959. The summed E-state index contributed by atoms with van der Waals surface area (Å²) >= 11 is 7.01. The van der Waals surface area contributed by atoms with Gasteiger partial charge in [0.15, 0.2) is 0 Å². The van der Waals surface area contributed by atoms with Crippen molar-refractivity contribution in [3.05, 3.63) is 32.7 Å². The highest BCUT2D eigenvalue weighted by molar-refractivity contribution is 9.11. The van der Waals surface area contributed by atoms with E-state index in [4.69, 9.17) is 9.84 Å². The maximum Gasteiger partial charge on any atom is 0.328 e. The lowest BCUT2D eigenvalue weighted by Gasteiger charge is -2.27. The summed E-state index contributed by atoms with van der Waals surface area (Å²) in [7, 11) is 0. The zero-order valence-electron chi connectivity index (χ0n) is 11.8. The van der Waals surface area contributed by atoms with E-state index < -0.39 is 5.97 Å². The Balaban J connectivity index is 2.11. The molecule has 0 saturated heterocycles. The Labute approximate surface area is 141 Å². The van der Waals surface area contributed by atoms with Crippen LogP contribution in [0.1, 0.15) is 38.2 Å². The number of halogens is 2. The fourth-order valence-electron chi connectivity index (χ4n) is 2.47. The monoisotopic (exact) mass is 416 g/mol. The summed E-state index contributed by atoms with van der Waals surface area (Å²) < 4.78 is 7.78. The minimum Gasteiger partial charge on any atom is -0.488 e. The largest absolute Gasteiger partial charge is 0.488 e. The molecule has 0 unspecified atom stereocenters. The third-order valence-corrected chi connectivity index (χ3v) is 4.86. The van der Waals surface area contributed by atoms with Gasteiger partial charge in [0.2, 0.25) is 0 Å². The summed E-state index contributed by atoms with van der Waals surface area (Å²) in [6, 6.07) is 3.73. The summed E-state index contributed by atoms with van der Waals surface area (Å²) in [6.45, 7) is 2.28. The molecule has 1 aromatic carbocycles. The number of aliphatic carboxylic acids is 1. The lowest BCUT2D eigenvalue weighted by molar-refractivity contribution is -0.131. The van der Waals surface area contributed by atoms with Gasteiger partial charge in [0.1, 0.15) is 5.75 Å². The molecule has 5 heteroatoms. The standard InChI is InChI=1S/C16H18Br2O3/c1-10-2-5-12(6-3-10)21-16-13(17)8-11(9-14(16)18)4-7-15(19)20/h4,7-10,12H,2-3,5-6H2,1H3,(H,19,20)/b7-4+. The molecule has 0 heterocycles. The Kier molecular flexibility index (Phi) is 5.88. The molecule has 114 valence electrons. The molecule has 21 heavy (non-hydrogen) atoms. The van der Waals surface area contributed by atoms with E-state index in [9.17, 15) is 4.79 Å². The zero-order chi connectivity index (χ0) is 15.4. The average molecular weight is 418 g/mol. The molecule has 0 aliphatic heterocycles. The molecule has 0 radical (unpaired) electrons. The lowest BCUT2D eigenvalue weighted by Crippen LogP contribution is -2.23. The number of carbonyl (C=O) groups is 1. The quantitative estimate of drug-likeness (QED) is 0.679. The molecule has 0 aromatic heterocycles. The Morgan fingerprint density at radius 1 is 1.24 bits per heavy atom. The van der Waals surface area contributed by atoms with Crippen molar-refractivity contribution in [3.8, 4) is 5.75 Å². The van der Waals surface area contributed by atoms with Crippen LogP contribution >= 0.6 is 31.9 Å². The van der Waals surface area contributed by atoms with Crippen molar-refractivity contribution in [2.45, 2.75) is 38.7 Å². The molecule has 1 aromatic rings. The van der Waals surface area contributed by atoms with Crippen molar-refractivity contribution in [2.24, 2.45) is 5.92 Å². The molecule has 1 aliphatic carbocycles. The van der Waals surface area contributed by atoms with E-state index in [0.717, 1.165) is 45.1 Å². The van der Waals surface area contributed by atoms with Crippen molar-refractivity contribution in [1.29, 1.82) is 0 Å². The highest BCUT2D eigenvalue weighted by Crippen LogP contribution is 2.38. The highest BCUT2D eigenvalue weighted by atomic mass is 79.9. The fourth-order valence-corrected chi connectivity index (χ4v) is 3.88. The molecule has 1 aliphatic rings. The van der Waals surface area contributed by atoms with Gasteiger partial charge in [-0.3, -0.25) is 0 Å². The Morgan fingerprint density at radius 3 is 2.33 bits per heavy atom. The van der Waals surface area contributed by atoms with Crippen LogP contribution in [0.15, 0.2) is 27.2 Å². The van der Waals surface area contributed by atoms with Crippen LogP contribution in [0.4, 0.5) is 0 Å². The van der Waals surface area contributed by atoms with Crippen LogP contribution in [0.2, 0.25) is 0 Å². The fraction of sp³-hybridized carbons (Fsp3) is 0.438. The second-order valence-corrected chi connectivity index (χ2v) is 7.19. The maximum atomic E-state index is 10.6. The summed E-state index contributed by atoms with van der Waals surface area (Å²) in [4.78, 5) is 10.6. The van der Waals surface area contributed by atoms with E-state index in [0.29, 0.717) is 0 Å². The van der Waals surface area contributed by atoms with Gasteiger partial charge >= 0.3 is 5.97 Å². The van der Waals surface area contributed by atoms with E-state index in [1.807, 2.05) is 12.1 Å². The SMILES string of the molecule is CC1CCC(Oc2c(Br)cc(/C=C/C(=O)O)cc2Br)CC1. The maximum absolute atomic E-state index is 10.6. The molecule has 1 saturated carbocycles. The van der Waals surface area contributed by atoms with Crippen molar-refractivity contribution < 1.29 is 14.6 Å². The highest BCUT2D eigenvalue weighted by Gasteiger charge is 2.21. The van der Waals surface area contributed by atoms with Gasteiger partial charge in [-0.2, -0.15) is 0 Å². The molecule has 3 nitrogen and oxygen atoms in total. The van der Waals surface area contributed by atoms with E-state index in [2.05, 4.69) is 38.8 Å². The van der Waals surface area contributed by atoms with Gasteiger partial charge in [-0.15, -0.1) is 0 Å². The van der Waals surface area contributed by atoms with Gasteiger partial charge in [-0.1, -0.05) is 6.92 Å². The molecule has 1 N–H and O–H groups in total. The zero-order valence-corrected chi connectivity index (χ0v) is 15.0. The topological polar surface area (TPSA) is 46.5 Å². The smallest absolute Gasteiger partial charge is 0.328 e. The molecule has 0 bridgehead atoms. The molecular formula is C16H18Br2O3. The number of hydrogen-bond donors (Lipinski definition) is 1. The first-order valence-electron chi connectivity index (χ1n) is 7.02. The van der Waals surface area contributed by atoms with Crippen molar-refractivity contribution >= 4 is 43.9 Å². The second-order valence-electron chi connectivity index (χ2n) is 5.48. The number of benzene rings is 1. The van der Waals surface area contributed by atoms with Crippen LogP contribution in [-0.4, -0.2) is 17.2 Å². The Morgan fingerprint density at radius 2 is 1.81 bits per heavy atom. The third kappa shape index (κ3) is 4.85. The van der Waals surface area contributed by atoms with Crippen molar-refractivity contribution in [1.82, 2.24) is 0 Å². The van der Waals surface area contributed by atoms with Gasteiger partial charge in [0.25, 0.3) is 0 Å². The van der Waals surface area contributed by atoms with Gasteiger partial charge in [-0.05, 0) is 87.2 Å². The van der Waals surface area contributed by atoms with Crippen LogP contribution in [0.3, 0.4) is 0 Å². The van der Waals surface area contributed by atoms with E-state index in [1.54, 1.807) is 6.08 Å². The van der Waals surface area contributed by atoms with E-state index in [-0.39, 0.29) is 6.10 Å². The normalized spacial score (nSPS) is 22.4. The van der Waals surface area contributed by atoms with Crippen LogP contribution in [0.25, 0.3) is 6.08 Å². The lowest BCUT2D eigenvalue weighted by atomic mass is 9.89. The number of carboxylic acids is 1. The van der Waals surface area contributed by atoms with Crippen LogP contribution in [0, 0.1) is 5.92 Å². The summed E-state index contributed by atoms with van der Waals surface area (Å²) in [5, 5.41) is 8.67. The molecular weight excluding hydrogens is 400 g/mol. The van der Waals surface area contributed by atoms with Crippen LogP contribution in [-0.2, 0) is 4.79 Å². The van der Waals surface area contributed by atoms with Gasteiger partial charge in [0, 0.05) is 6.08 Å². The first kappa shape index (κ1) is 16.6. The number of rotatable bonds is 4.